The number of aliphatic hydroxyl groups is 1. The Bertz CT molecular complexity index is 514. The number of allylic oxidation sites excluding steroid dienone is 4. The summed E-state index contributed by atoms with van der Waals surface area (Å²) in [6.45, 7) is 5.28. The van der Waals surface area contributed by atoms with Gasteiger partial charge in [0.1, 0.15) is 6.10 Å². The number of ether oxygens (including phenoxy) is 2. The summed E-state index contributed by atoms with van der Waals surface area (Å²) in [7, 11) is 0. The molecule has 37 heavy (non-hydrogen) atoms. The summed E-state index contributed by atoms with van der Waals surface area (Å²) < 4.78 is 11.0. The van der Waals surface area contributed by atoms with Gasteiger partial charge >= 0.3 is 5.97 Å². The van der Waals surface area contributed by atoms with Crippen LogP contribution in [0.15, 0.2) is 24.3 Å². The molecule has 4 heteroatoms. The Morgan fingerprint density at radius 1 is 0.649 bits per heavy atom. The topological polar surface area (TPSA) is 55.8 Å². The van der Waals surface area contributed by atoms with Crippen LogP contribution in [0.4, 0.5) is 0 Å². The molecule has 0 rings (SSSR count). The monoisotopic (exact) mass is 522 g/mol. The predicted molar refractivity (Wildman–Crippen MR) is 159 cm³/mol. The Morgan fingerprint density at radius 2 is 1.16 bits per heavy atom. The summed E-state index contributed by atoms with van der Waals surface area (Å²) in [5, 5.41) is 9.49. The van der Waals surface area contributed by atoms with Crippen LogP contribution < -0.4 is 0 Å². The van der Waals surface area contributed by atoms with E-state index < -0.39 is 6.10 Å². The van der Waals surface area contributed by atoms with Gasteiger partial charge in [-0.15, -0.1) is 0 Å². The summed E-state index contributed by atoms with van der Waals surface area (Å²) in [5.74, 6) is -0.215. The predicted octanol–water partition coefficient (Wildman–Crippen LogP) is 9.64. The maximum atomic E-state index is 12.1. The first-order valence-electron chi connectivity index (χ1n) is 15.9. The van der Waals surface area contributed by atoms with Crippen LogP contribution in [0.2, 0.25) is 0 Å². The fraction of sp³-hybridized carbons (Fsp3) is 0.848. The molecule has 1 unspecified atom stereocenters. The minimum Gasteiger partial charge on any atom is -0.457 e. The lowest BCUT2D eigenvalue weighted by atomic mass is 10.1. The maximum absolute atomic E-state index is 12.1. The van der Waals surface area contributed by atoms with Crippen molar-refractivity contribution in [2.45, 2.75) is 161 Å². The first kappa shape index (κ1) is 35.9. The third-order valence-electron chi connectivity index (χ3n) is 6.78. The Hall–Kier alpha value is -1.13. The minimum atomic E-state index is -0.534. The first-order valence-corrected chi connectivity index (χ1v) is 15.9. The van der Waals surface area contributed by atoms with Crippen LogP contribution in [0.25, 0.3) is 0 Å². The maximum Gasteiger partial charge on any atom is 0.306 e. The van der Waals surface area contributed by atoms with Crippen LogP contribution in [-0.4, -0.2) is 37.0 Å². The van der Waals surface area contributed by atoms with Crippen LogP contribution in [-0.2, 0) is 14.3 Å². The summed E-state index contributed by atoms with van der Waals surface area (Å²) in [5.41, 5.74) is 0. The molecule has 0 aliphatic carbocycles. The van der Waals surface area contributed by atoms with Crippen LogP contribution in [0.5, 0.6) is 0 Å². The second-order valence-corrected chi connectivity index (χ2v) is 10.5. The normalized spacial score (nSPS) is 12.6. The van der Waals surface area contributed by atoms with E-state index in [0.29, 0.717) is 19.6 Å². The van der Waals surface area contributed by atoms with Crippen LogP contribution in [0.3, 0.4) is 0 Å². The molecule has 0 aromatic heterocycles. The molecule has 0 aliphatic heterocycles. The standard InChI is InChI=1S/C33H62O4/c1-3-5-7-9-11-13-15-16-17-18-20-22-24-26-28-33(35)37-32(30-34)31-36-29-27-25-23-21-19-14-12-10-8-6-4-2/h9,11,15-16,32,34H,3-8,10,12-14,17-31H2,1-2H3/b11-9-,16-15-. The largest absolute Gasteiger partial charge is 0.457 e. The Balaban J connectivity index is 3.48. The molecule has 218 valence electrons. The molecular weight excluding hydrogens is 460 g/mol. The van der Waals surface area contributed by atoms with E-state index in [1.807, 2.05) is 0 Å². The van der Waals surface area contributed by atoms with Crippen molar-refractivity contribution in [1.82, 2.24) is 0 Å². The van der Waals surface area contributed by atoms with E-state index >= 15 is 0 Å². The van der Waals surface area contributed by atoms with Crippen molar-refractivity contribution >= 4 is 5.97 Å². The Kier molecular flexibility index (Phi) is 30.1. The van der Waals surface area contributed by atoms with E-state index in [9.17, 15) is 9.90 Å². The van der Waals surface area contributed by atoms with Crippen molar-refractivity contribution in [2.24, 2.45) is 0 Å². The van der Waals surface area contributed by atoms with Crippen molar-refractivity contribution in [1.29, 1.82) is 0 Å². The van der Waals surface area contributed by atoms with E-state index in [0.717, 1.165) is 38.5 Å². The fourth-order valence-corrected chi connectivity index (χ4v) is 4.34. The van der Waals surface area contributed by atoms with Crippen molar-refractivity contribution in [3.8, 4) is 0 Å². The minimum absolute atomic E-state index is 0.175. The van der Waals surface area contributed by atoms with Crippen molar-refractivity contribution in [3.63, 3.8) is 0 Å². The molecule has 0 spiro atoms. The van der Waals surface area contributed by atoms with Crippen molar-refractivity contribution in [2.75, 3.05) is 19.8 Å². The molecule has 0 heterocycles. The van der Waals surface area contributed by atoms with Crippen molar-refractivity contribution < 1.29 is 19.4 Å². The van der Waals surface area contributed by atoms with Gasteiger partial charge in [-0.05, 0) is 38.5 Å². The number of esters is 1. The molecule has 0 amide bonds. The molecule has 0 bridgehead atoms. The molecule has 0 aliphatic rings. The molecular formula is C33H62O4. The summed E-state index contributed by atoms with van der Waals surface area (Å²) >= 11 is 0. The highest BCUT2D eigenvalue weighted by Gasteiger charge is 2.13. The Morgan fingerprint density at radius 3 is 1.76 bits per heavy atom. The number of unbranched alkanes of at least 4 members (excludes halogenated alkanes) is 17. The van der Waals surface area contributed by atoms with E-state index in [1.54, 1.807) is 0 Å². The van der Waals surface area contributed by atoms with Gasteiger partial charge in [0.2, 0.25) is 0 Å². The lowest BCUT2D eigenvalue weighted by Crippen LogP contribution is -2.27. The quantitative estimate of drug-likeness (QED) is 0.0603. The average molecular weight is 523 g/mol. The molecule has 0 fully saturated rings. The van der Waals surface area contributed by atoms with Crippen molar-refractivity contribution in [3.05, 3.63) is 24.3 Å². The first-order chi connectivity index (χ1) is 18.2. The molecule has 1 N–H and O–H groups in total. The van der Waals surface area contributed by atoms with Crippen LogP contribution in [0, 0.1) is 0 Å². The highest BCUT2D eigenvalue weighted by Crippen LogP contribution is 2.12. The SMILES string of the molecule is CCCC/C=C\C/C=C\CCCCCCCC(=O)OC(CO)COCCCCCCCCCCCCC. The number of rotatable bonds is 29. The smallest absolute Gasteiger partial charge is 0.306 e. The highest BCUT2D eigenvalue weighted by atomic mass is 16.6. The lowest BCUT2D eigenvalue weighted by molar-refractivity contribution is -0.154. The second-order valence-electron chi connectivity index (χ2n) is 10.5. The van der Waals surface area contributed by atoms with Gasteiger partial charge in [0.15, 0.2) is 0 Å². The zero-order valence-electron chi connectivity index (χ0n) is 24.7. The molecule has 0 saturated carbocycles. The van der Waals surface area contributed by atoms with Gasteiger partial charge in [0.05, 0.1) is 13.2 Å². The zero-order chi connectivity index (χ0) is 27.1. The van der Waals surface area contributed by atoms with E-state index in [4.69, 9.17) is 9.47 Å². The zero-order valence-corrected chi connectivity index (χ0v) is 24.7. The third kappa shape index (κ3) is 29.3. The van der Waals surface area contributed by atoms with Crippen LogP contribution in [0.1, 0.15) is 155 Å². The molecule has 1 atom stereocenters. The van der Waals surface area contributed by atoms with Gasteiger partial charge in [0, 0.05) is 13.0 Å². The van der Waals surface area contributed by atoms with Gasteiger partial charge in [-0.3, -0.25) is 4.79 Å². The summed E-state index contributed by atoms with van der Waals surface area (Å²) in [6, 6.07) is 0. The second kappa shape index (κ2) is 31.1. The average Bonchev–Trinajstić information content (AvgIpc) is 2.90. The van der Waals surface area contributed by atoms with Gasteiger partial charge in [-0.1, -0.05) is 134 Å². The van der Waals surface area contributed by atoms with Gasteiger partial charge < -0.3 is 14.6 Å². The van der Waals surface area contributed by atoms with Gasteiger partial charge in [-0.2, -0.15) is 0 Å². The highest BCUT2D eigenvalue weighted by molar-refractivity contribution is 5.69. The van der Waals surface area contributed by atoms with E-state index in [1.165, 1.54) is 96.3 Å². The third-order valence-corrected chi connectivity index (χ3v) is 6.78. The number of hydrogen-bond donors (Lipinski definition) is 1. The Labute approximate surface area is 230 Å². The molecule has 0 radical (unpaired) electrons. The molecule has 0 aromatic carbocycles. The molecule has 0 saturated heterocycles. The van der Waals surface area contributed by atoms with E-state index in [-0.39, 0.29) is 12.6 Å². The lowest BCUT2D eigenvalue weighted by Gasteiger charge is -2.15. The summed E-state index contributed by atoms with van der Waals surface area (Å²) in [6.07, 6.45) is 34.8. The molecule has 4 nitrogen and oxygen atoms in total. The fourth-order valence-electron chi connectivity index (χ4n) is 4.34. The van der Waals surface area contributed by atoms with E-state index in [2.05, 4.69) is 38.2 Å². The summed E-state index contributed by atoms with van der Waals surface area (Å²) in [4.78, 5) is 12.1. The number of aliphatic hydroxyl groups excluding tert-OH is 1. The number of carbonyl (C=O) groups is 1. The number of carbonyl (C=O) groups excluding carboxylic acids is 1. The number of hydrogen-bond acceptors (Lipinski definition) is 4. The molecule has 0 aromatic rings. The van der Waals surface area contributed by atoms with Gasteiger partial charge in [-0.25, -0.2) is 0 Å². The van der Waals surface area contributed by atoms with Crippen LogP contribution >= 0.6 is 0 Å². The van der Waals surface area contributed by atoms with Gasteiger partial charge in [0.25, 0.3) is 0 Å².